The van der Waals surface area contributed by atoms with Crippen molar-refractivity contribution in [1.82, 2.24) is 0 Å². The Morgan fingerprint density at radius 1 is 1.29 bits per heavy atom. The Morgan fingerprint density at radius 2 is 1.93 bits per heavy atom. The Kier molecular flexibility index (Phi) is 7.17. The summed E-state index contributed by atoms with van der Waals surface area (Å²) in [6.45, 7) is 3.83. The lowest BCUT2D eigenvalue weighted by Gasteiger charge is -2.45. The molecule has 0 aromatic rings. The Morgan fingerprint density at radius 3 is 2.50 bits per heavy atom. The molecule has 0 aromatic heterocycles. The lowest BCUT2D eigenvalue weighted by Crippen LogP contribution is -2.59. The van der Waals surface area contributed by atoms with E-state index >= 15 is 0 Å². The molecule has 8 atom stereocenters. The number of ether oxygens (including phenoxy) is 2. The normalized spacial score (nSPS) is 43.2. The van der Waals surface area contributed by atoms with Crippen LogP contribution in [0.1, 0.15) is 27.2 Å². The van der Waals surface area contributed by atoms with E-state index in [0.717, 1.165) is 0 Å². The first-order valence-corrected chi connectivity index (χ1v) is 9.19. The number of hydrogen-bond acceptors (Lipinski definition) is 9. The topological polar surface area (TPSA) is 157 Å². The fraction of sp³-hybridized carbons (Fsp3) is 0.737. The number of rotatable bonds is 6. The first-order valence-electron chi connectivity index (χ1n) is 9.19. The highest BCUT2D eigenvalue weighted by atomic mass is 16.7. The van der Waals surface area contributed by atoms with Crippen LogP contribution in [0.3, 0.4) is 0 Å². The van der Waals surface area contributed by atoms with E-state index in [2.05, 4.69) is 0 Å². The highest BCUT2D eigenvalue weighted by Gasteiger charge is 2.50. The molecule has 1 saturated heterocycles. The number of hydrogen-bond donors (Lipinski definition) is 6. The molecular formula is C19H30O9. The lowest BCUT2D eigenvalue weighted by atomic mass is 9.64. The standard InChI is InChI=1S/C19H30O9/c1-10-6-12(22)7-18(3,9-21)19(10,26)5-4-11(2)27-17-16(25)15(24)14(23)13(8-20)28-17/h4-6,11,13-17,20-21,23-26H,7-9H2,1-3H3/b5-4+/t11?,13-,14-,15+,16-,17-,18?,19?/m1/s1. The third-order valence-electron chi connectivity index (χ3n) is 5.62. The van der Waals surface area contributed by atoms with Crippen molar-refractivity contribution in [2.75, 3.05) is 13.2 Å². The molecule has 0 aromatic carbocycles. The number of aliphatic hydroxyl groups excluding tert-OH is 5. The van der Waals surface area contributed by atoms with E-state index in [1.807, 2.05) is 0 Å². The second-order valence-electron chi connectivity index (χ2n) is 7.85. The monoisotopic (exact) mass is 402 g/mol. The zero-order chi connectivity index (χ0) is 21.3. The van der Waals surface area contributed by atoms with Crippen molar-refractivity contribution in [3.05, 3.63) is 23.8 Å². The van der Waals surface area contributed by atoms with Gasteiger partial charge in [0.1, 0.15) is 30.0 Å². The maximum atomic E-state index is 11.8. The average molecular weight is 402 g/mol. The van der Waals surface area contributed by atoms with Crippen LogP contribution in [0.4, 0.5) is 0 Å². The first kappa shape index (κ1) is 23.1. The largest absolute Gasteiger partial charge is 0.396 e. The summed E-state index contributed by atoms with van der Waals surface area (Å²) in [7, 11) is 0. The molecule has 0 bridgehead atoms. The van der Waals surface area contributed by atoms with Gasteiger partial charge >= 0.3 is 0 Å². The van der Waals surface area contributed by atoms with Gasteiger partial charge in [0.15, 0.2) is 12.1 Å². The van der Waals surface area contributed by atoms with Crippen molar-refractivity contribution in [2.24, 2.45) is 5.41 Å². The van der Waals surface area contributed by atoms with Crippen LogP contribution in [-0.2, 0) is 14.3 Å². The van der Waals surface area contributed by atoms with Crippen molar-refractivity contribution in [3.8, 4) is 0 Å². The molecule has 0 spiro atoms. The second-order valence-corrected chi connectivity index (χ2v) is 7.85. The molecule has 1 aliphatic carbocycles. The smallest absolute Gasteiger partial charge is 0.187 e. The molecular weight excluding hydrogens is 372 g/mol. The molecule has 6 N–H and O–H groups in total. The van der Waals surface area contributed by atoms with Crippen LogP contribution in [0.2, 0.25) is 0 Å². The summed E-state index contributed by atoms with van der Waals surface area (Å²) in [5, 5.41) is 59.8. The van der Waals surface area contributed by atoms with Crippen molar-refractivity contribution < 1.29 is 44.9 Å². The van der Waals surface area contributed by atoms with Crippen LogP contribution in [-0.4, -0.2) is 92.0 Å². The number of carbonyl (C=O) groups is 1. The van der Waals surface area contributed by atoms with Crippen LogP contribution < -0.4 is 0 Å². The molecule has 1 heterocycles. The van der Waals surface area contributed by atoms with Crippen molar-refractivity contribution in [2.45, 2.75) is 69.6 Å². The van der Waals surface area contributed by atoms with Crippen molar-refractivity contribution >= 4 is 5.78 Å². The molecule has 9 heteroatoms. The van der Waals surface area contributed by atoms with Crippen LogP contribution in [0, 0.1) is 5.41 Å². The quantitative estimate of drug-likeness (QED) is 0.288. The Bertz CT molecular complexity index is 631. The number of allylic oxidation sites excluding steroid dienone is 1. The number of ketones is 1. The summed E-state index contributed by atoms with van der Waals surface area (Å²) in [4.78, 5) is 11.8. The van der Waals surface area contributed by atoms with E-state index in [1.54, 1.807) is 20.8 Å². The Labute approximate surface area is 163 Å². The highest BCUT2D eigenvalue weighted by Crippen LogP contribution is 2.44. The molecule has 28 heavy (non-hydrogen) atoms. The summed E-state index contributed by atoms with van der Waals surface area (Å²) in [6.07, 6.45) is -3.44. The molecule has 2 aliphatic rings. The zero-order valence-electron chi connectivity index (χ0n) is 16.2. The molecule has 3 unspecified atom stereocenters. The van der Waals surface area contributed by atoms with Gasteiger partial charge in [0.2, 0.25) is 0 Å². The summed E-state index contributed by atoms with van der Waals surface area (Å²) in [5.41, 5.74) is -2.30. The predicted molar refractivity (Wildman–Crippen MR) is 97.0 cm³/mol. The van der Waals surface area contributed by atoms with Gasteiger partial charge in [0, 0.05) is 11.8 Å². The predicted octanol–water partition coefficient (Wildman–Crippen LogP) is -1.60. The lowest BCUT2D eigenvalue weighted by molar-refractivity contribution is -0.306. The van der Waals surface area contributed by atoms with E-state index < -0.39 is 61.0 Å². The van der Waals surface area contributed by atoms with Crippen LogP contribution in [0.5, 0.6) is 0 Å². The van der Waals surface area contributed by atoms with Gasteiger partial charge in [0.05, 0.1) is 19.3 Å². The van der Waals surface area contributed by atoms with E-state index in [9.17, 15) is 35.4 Å². The van der Waals surface area contributed by atoms with E-state index in [1.165, 1.54) is 18.2 Å². The van der Waals surface area contributed by atoms with Gasteiger partial charge in [-0.1, -0.05) is 13.0 Å². The van der Waals surface area contributed by atoms with Crippen molar-refractivity contribution in [1.29, 1.82) is 0 Å². The van der Waals surface area contributed by atoms with Gasteiger partial charge in [0.25, 0.3) is 0 Å². The summed E-state index contributed by atoms with van der Waals surface area (Å²) < 4.78 is 10.8. The second kappa shape index (κ2) is 8.68. The fourth-order valence-corrected chi connectivity index (χ4v) is 3.62. The molecule has 9 nitrogen and oxygen atoms in total. The maximum absolute atomic E-state index is 11.8. The molecule has 0 radical (unpaired) electrons. The highest BCUT2D eigenvalue weighted by molar-refractivity contribution is 5.92. The minimum Gasteiger partial charge on any atom is -0.396 e. The third kappa shape index (κ3) is 4.22. The maximum Gasteiger partial charge on any atom is 0.187 e. The number of aliphatic hydroxyl groups is 6. The molecule has 0 amide bonds. The molecule has 1 fully saturated rings. The van der Waals surface area contributed by atoms with Crippen LogP contribution >= 0.6 is 0 Å². The molecule has 0 saturated carbocycles. The average Bonchev–Trinajstić information content (AvgIpc) is 2.65. The van der Waals surface area contributed by atoms with Gasteiger partial charge in [-0.2, -0.15) is 0 Å². The molecule has 2 rings (SSSR count). The van der Waals surface area contributed by atoms with Gasteiger partial charge in [-0.05, 0) is 31.6 Å². The van der Waals surface area contributed by atoms with E-state index in [0.29, 0.717) is 5.57 Å². The SMILES string of the molecule is CC1=CC(=O)CC(C)(CO)C1(O)/C=C/C(C)O[C@@H]1O[C@H](CO)[C@@H](O)[C@H](O)[C@H]1O. The Balaban J connectivity index is 2.15. The minimum atomic E-state index is -1.58. The van der Waals surface area contributed by atoms with Crippen molar-refractivity contribution in [3.63, 3.8) is 0 Å². The zero-order valence-corrected chi connectivity index (χ0v) is 16.2. The third-order valence-corrected chi connectivity index (χ3v) is 5.62. The molecule has 1 aliphatic heterocycles. The number of carbonyl (C=O) groups excluding carboxylic acids is 1. The van der Waals surface area contributed by atoms with Gasteiger partial charge in [-0.25, -0.2) is 0 Å². The van der Waals surface area contributed by atoms with Gasteiger partial charge in [-0.15, -0.1) is 0 Å². The molecule has 160 valence electrons. The van der Waals surface area contributed by atoms with Crippen LogP contribution in [0.25, 0.3) is 0 Å². The Hall–Kier alpha value is -1.17. The van der Waals surface area contributed by atoms with Gasteiger partial charge < -0.3 is 40.1 Å². The summed E-state index contributed by atoms with van der Waals surface area (Å²) >= 11 is 0. The minimum absolute atomic E-state index is 0.0242. The van der Waals surface area contributed by atoms with Crippen LogP contribution in [0.15, 0.2) is 23.8 Å². The van der Waals surface area contributed by atoms with E-state index in [-0.39, 0.29) is 12.2 Å². The van der Waals surface area contributed by atoms with E-state index in [4.69, 9.17) is 9.47 Å². The first-order chi connectivity index (χ1) is 13.0. The summed E-state index contributed by atoms with van der Waals surface area (Å²) in [6, 6.07) is 0. The summed E-state index contributed by atoms with van der Waals surface area (Å²) in [5.74, 6) is -0.183. The fourth-order valence-electron chi connectivity index (χ4n) is 3.62. The van der Waals surface area contributed by atoms with Gasteiger partial charge in [-0.3, -0.25) is 4.79 Å².